The molecule has 1 atom stereocenters. The third-order valence-electron chi connectivity index (χ3n) is 6.23. The van der Waals surface area contributed by atoms with Gasteiger partial charge in [0.2, 0.25) is 11.1 Å². The molecule has 5 aromatic rings. The van der Waals surface area contributed by atoms with Crippen LogP contribution in [0.1, 0.15) is 32.0 Å². The van der Waals surface area contributed by atoms with Crippen LogP contribution in [0.15, 0.2) is 109 Å². The molecule has 0 fully saturated rings. The highest BCUT2D eigenvalue weighted by atomic mass is 32.2. The summed E-state index contributed by atoms with van der Waals surface area (Å²) >= 11 is -0.0616. The molecule has 0 aliphatic rings. The maximum Gasteiger partial charge on any atom is 0.261 e. The summed E-state index contributed by atoms with van der Waals surface area (Å²) in [6.07, 6.45) is 0.616. The van der Waals surface area contributed by atoms with E-state index >= 15 is 0 Å². The van der Waals surface area contributed by atoms with Crippen molar-refractivity contribution < 1.29 is 18.0 Å². The van der Waals surface area contributed by atoms with Gasteiger partial charge in [-0.1, -0.05) is 78.9 Å². The predicted octanol–water partition coefficient (Wildman–Crippen LogP) is 6.36. The number of amides is 2. The molecule has 202 valence electrons. The summed E-state index contributed by atoms with van der Waals surface area (Å²) in [4.78, 5) is 25.7. The number of para-hydroxylation sites is 1. The summed E-state index contributed by atoms with van der Waals surface area (Å²) in [5, 5.41) is 6.88. The second kappa shape index (κ2) is 13.2. The first-order chi connectivity index (χ1) is 19.6. The first-order valence-electron chi connectivity index (χ1n) is 12.9. The average Bonchev–Trinajstić information content (AvgIpc) is 3.42. The normalized spacial score (nSPS) is 11.6. The standard InChI is InChI=1S/C32H28N2O4S2/c35-31(33-19-8-20-34-32(36)30-21-26-11-4-7-14-29(26)39-30)25-17-15-24(16-18-25)27-12-5-6-13-28(27)38-40(37)22-23-9-2-1-3-10-23/h1-7,9-18,21H,8,19-20,22H2,(H,33,35)(H,34,36). The van der Waals surface area contributed by atoms with E-state index in [-0.39, 0.29) is 11.8 Å². The van der Waals surface area contributed by atoms with Crippen molar-refractivity contribution in [3.63, 3.8) is 0 Å². The zero-order valence-corrected chi connectivity index (χ0v) is 23.3. The molecule has 1 heterocycles. The summed E-state index contributed by atoms with van der Waals surface area (Å²) in [5.41, 5.74) is 3.12. The van der Waals surface area contributed by atoms with Gasteiger partial charge in [-0.3, -0.25) is 9.59 Å². The van der Waals surface area contributed by atoms with E-state index in [1.807, 2.05) is 91.0 Å². The van der Waals surface area contributed by atoms with Crippen molar-refractivity contribution in [1.82, 2.24) is 10.6 Å². The molecule has 0 saturated carbocycles. The van der Waals surface area contributed by atoms with Crippen molar-refractivity contribution >= 4 is 44.3 Å². The van der Waals surface area contributed by atoms with Gasteiger partial charge in [0, 0.05) is 28.9 Å². The van der Waals surface area contributed by atoms with Gasteiger partial charge >= 0.3 is 0 Å². The van der Waals surface area contributed by atoms with Crippen LogP contribution in [-0.2, 0) is 16.8 Å². The Morgan fingerprint density at radius 3 is 2.20 bits per heavy atom. The number of carbonyl (C=O) groups excluding carboxylic acids is 2. The molecule has 8 heteroatoms. The summed E-state index contributed by atoms with van der Waals surface area (Å²) in [6.45, 7) is 0.909. The summed E-state index contributed by atoms with van der Waals surface area (Å²) < 4.78 is 19.5. The molecule has 0 aliphatic heterocycles. The van der Waals surface area contributed by atoms with E-state index in [1.54, 1.807) is 18.2 Å². The Labute approximate surface area is 239 Å². The van der Waals surface area contributed by atoms with Gasteiger partial charge in [-0.05, 0) is 53.3 Å². The van der Waals surface area contributed by atoms with Crippen LogP contribution in [0.3, 0.4) is 0 Å². The fourth-order valence-electron chi connectivity index (χ4n) is 4.19. The molecule has 0 radical (unpaired) electrons. The third-order valence-corrected chi connectivity index (χ3v) is 8.28. The zero-order chi connectivity index (χ0) is 27.7. The molecule has 6 nitrogen and oxygen atoms in total. The summed E-state index contributed by atoms with van der Waals surface area (Å²) in [7, 11) is 0. The molecule has 0 spiro atoms. The van der Waals surface area contributed by atoms with Crippen molar-refractivity contribution in [2.45, 2.75) is 12.2 Å². The van der Waals surface area contributed by atoms with Gasteiger partial charge in [0.1, 0.15) is 5.75 Å². The monoisotopic (exact) mass is 568 g/mol. The third kappa shape index (κ3) is 7.02. The molecule has 1 aromatic heterocycles. The minimum Gasteiger partial charge on any atom is -0.400 e. The van der Waals surface area contributed by atoms with Gasteiger partial charge in [-0.25, -0.2) is 4.21 Å². The van der Waals surface area contributed by atoms with E-state index in [2.05, 4.69) is 10.6 Å². The first-order valence-corrected chi connectivity index (χ1v) is 15.0. The van der Waals surface area contributed by atoms with E-state index < -0.39 is 11.1 Å². The molecular formula is C32H28N2O4S2. The quantitative estimate of drug-likeness (QED) is 0.182. The minimum atomic E-state index is -1.53. The Morgan fingerprint density at radius 2 is 1.43 bits per heavy atom. The van der Waals surface area contributed by atoms with Crippen molar-refractivity contribution in [2.24, 2.45) is 0 Å². The highest BCUT2D eigenvalue weighted by molar-refractivity contribution is 7.79. The molecular weight excluding hydrogens is 540 g/mol. The maximum absolute atomic E-state index is 12.6. The largest absolute Gasteiger partial charge is 0.400 e. The number of fused-ring (bicyclic) bond motifs is 1. The van der Waals surface area contributed by atoms with Crippen LogP contribution in [0.5, 0.6) is 5.75 Å². The van der Waals surface area contributed by atoms with Crippen LogP contribution >= 0.6 is 11.3 Å². The van der Waals surface area contributed by atoms with Gasteiger partial charge in [-0.2, -0.15) is 0 Å². The van der Waals surface area contributed by atoms with Gasteiger partial charge in [0.15, 0.2) is 0 Å². The van der Waals surface area contributed by atoms with Crippen LogP contribution in [0, 0.1) is 0 Å². The molecule has 0 aliphatic carbocycles. The molecule has 2 N–H and O–H groups in total. The van der Waals surface area contributed by atoms with Gasteiger partial charge < -0.3 is 14.8 Å². The lowest BCUT2D eigenvalue weighted by molar-refractivity contribution is 0.0953. The fraction of sp³-hybridized carbons (Fsp3) is 0.125. The van der Waals surface area contributed by atoms with Crippen molar-refractivity contribution in [1.29, 1.82) is 0 Å². The second-order valence-electron chi connectivity index (χ2n) is 9.10. The molecule has 1 unspecified atom stereocenters. The van der Waals surface area contributed by atoms with Crippen LogP contribution in [0.4, 0.5) is 0 Å². The van der Waals surface area contributed by atoms with Crippen molar-refractivity contribution in [3.8, 4) is 16.9 Å². The molecule has 5 rings (SSSR count). The second-order valence-corrected chi connectivity index (χ2v) is 11.3. The van der Waals surface area contributed by atoms with Gasteiger partial charge in [0.25, 0.3) is 11.8 Å². The lowest BCUT2D eigenvalue weighted by Crippen LogP contribution is -2.29. The van der Waals surface area contributed by atoms with E-state index in [0.717, 1.165) is 26.8 Å². The minimum absolute atomic E-state index is 0.101. The van der Waals surface area contributed by atoms with Gasteiger partial charge in [-0.15, -0.1) is 11.3 Å². The van der Waals surface area contributed by atoms with Crippen molar-refractivity contribution in [2.75, 3.05) is 13.1 Å². The highest BCUT2D eigenvalue weighted by Crippen LogP contribution is 2.31. The van der Waals surface area contributed by atoms with E-state index in [9.17, 15) is 13.8 Å². The number of benzene rings is 4. The Hall–Kier alpha value is -4.27. The molecule has 0 bridgehead atoms. The predicted molar refractivity (Wildman–Crippen MR) is 162 cm³/mol. The lowest BCUT2D eigenvalue weighted by atomic mass is 10.0. The molecule has 0 saturated heterocycles. The first kappa shape index (κ1) is 27.3. The van der Waals surface area contributed by atoms with E-state index in [1.165, 1.54) is 11.3 Å². The number of carbonyl (C=O) groups is 2. The Morgan fingerprint density at radius 1 is 0.750 bits per heavy atom. The van der Waals surface area contributed by atoms with E-state index in [4.69, 9.17) is 4.18 Å². The smallest absolute Gasteiger partial charge is 0.261 e. The van der Waals surface area contributed by atoms with Crippen LogP contribution in [0.2, 0.25) is 0 Å². The molecule has 2 amide bonds. The number of rotatable bonds is 11. The SMILES string of the molecule is O=C(NCCCNC(=O)c1cc2ccccc2s1)c1ccc(-c2ccccc2OS(=O)Cc2ccccc2)cc1. The number of thiophene rings is 1. The fourth-order valence-corrected chi connectivity index (χ4v) is 6.04. The Kier molecular flexibility index (Phi) is 9.00. The zero-order valence-electron chi connectivity index (χ0n) is 21.7. The Bertz CT molecular complexity index is 1600. The lowest BCUT2D eigenvalue weighted by Gasteiger charge is -2.11. The Balaban J connectivity index is 1.10. The van der Waals surface area contributed by atoms with Gasteiger partial charge in [0.05, 0.1) is 10.6 Å². The van der Waals surface area contributed by atoms with Crippen molar-refractivity contribution in [3.05, 3.63) is 125 Å². The number of hydrogen-bond acceptors (Lipinski definition) is 5. The van der Waals surface area contributed by atoms with Crippen LogP contribution in [0.25, 0.3) is 21.2 Å². The van der Waals surface area contributed by atoms with Crippen LogP contribution < -0.4 is 14.8 Å². The number of hydrogen-bond donors (Lipinski definition) is 2. The highest BCUT2D eigenvalue weighted by Gasteiger charge is 2.13. The topological polar surface area (TPSA) is 84.5 Å². The number of nitrogens with one attached hydrogen (secondary N) is 2. The van der Waals surface area contributed by atoms with E-state index in [0.29, 0.717) is 41.5 Å². The summed E-state index contributed by atoms with van der Waals surface area (Å²) in [6, 6.07) is 34.0. The average molecular weight is 569 g/mol. The van der Waals surface area contributed by atoms with Crippen LogP contribution in [-0.4, -0.2) is 29.1 Å². The molecule has 4 aromatic carbocycles. The molecule has 40 heavy (non-hydrogen) atoms. The maximum atomic E-state index is 12.6. The summed E-state index contributed by atoms with van der Waals surface area (Å²) in [5.74, 6) is 0.530.